The van der Waals surface area contributed by atoms with Crippen molar-refractivity contribution in [1.29, 1.82) is 0 Å². The Kier molecular flexibility index (Phi) is 2.80. The van der Waals surface area contributed by atoms with E-state index in [-0.39, 0.29) is 0 Å². The molecule has 0 bridgehead atoms. The predicted molar refractivity (Wildman–Crippen MR) is 88.0 cm³/mol. The number of rotatable bonds is 1. The zero-order valence-electron chi connectivity index (χ0n) is 11.4. The van der Waals surface area contributed by atoms with Crippen LogP contribution >= 0.6 is 0 Å². The number of nitrogens with one attached hydrogen (secondary N) is 1. The van der Waals surface area contributed by atoms with Crippen LogP contribution in [0.15, 0.2) is 78.9 Å². The third-order valence-electron chi connectivity index (χ3n) is 3.88. The Bertz CT molecular complexity index is 808. The van der Waals surface area contributed by atoms with E-state index in [0.29, 0.717) is 0 Å². The topological polar surface area (TPSA) is 29.1 Å². The Labute approximate surface area is 126 Å². The van der Waals surface area contributed by atoms with E-state index >= 15 is 0 Å². The van der Waals surface area contributed by atoms with Crippen LogP contribution in [0.5, 0.6) is 0 Å². The predicted octanol–water partition coefficient (Wildman–Crippen LogP) is 2.14. The van der Waals surface area contributed by atoms with E-state index in [0.717, 1.165) is 24.4 Å². The first kappa shape index (κ1) is 12.6. The first-order chi connectivity index (χ1) is 10.3. The Hall–Kier alpha value is -2.18. The van der Waals surface area contributed by atoms with Gasteiger partial charge in [-0.1, -0.05) is 0 Å². The third kappa shape index (κ3) is 1.80. The number of hydrogen-bond acceptors (Lipinski definition) is 2. The summed E-state index contributed by atoms with van der Waals surface area (Å²) in [7, 11) is 0. The van der Waals surface area contributed by atoms with Crippen LogP contribution in [0.2, 0.25) is 0 Å². The van der Waals surface area contributed by atoms with Crippen molar-refractivity contribution in [3.63, 3.8) is 0 Å². The second-order valence-corrected chi connectivity index (χ2v) is 10.8. The molecule has 0 atom stereocenters. The number of anilines is 2. The van der Waals surface area contributed by atoms with Gasteiger partial charge in [0.05, 0.1) is 0 Å². The second kappa shape index (κ2) is 4.68. The van der Waals surface area contributed by atoms with Gasteiger partial charge in [-0.15, -0.1) is 0 Å². The average Bonchev–Trinajstić information content (AvgIpc) is 2.56. The first-order valence-electron chi connectivity index (χ1n) is 6.92. The first-order valence-corrected chi connectivity index (χ1v) is 10.5. The Balaban J connectivity index is 2.09. The Morgan fingerprint density at radius 3 is 1.67 bits per heavy atom. The van der Waals surface area contributed by atoms with Crippen LogP contribution < -0.4 is 18.4 Å². The Morgan fingerprint density at radius 1 is 0.619 bits per heavy atom. The third-order valence-corrected chi connectivity index (χ3v) is 10.5. The molecule has 102 valence electrons. The van der Waals surface area contributed by atoms with Gasteiger partial charge in [-0.2, -0.15) is 0 Å². The molecule has 0 amide bonds. The summed E-state index contributed by atoms with van der Waals surface area (Å²) in [5.74, 6) is 0. The van der Waals surface area contributed by atoms with Gasteiger partial charge < -0.3 is 0 Å². The molecule has 1 N–H and O–H groups in total. The van der Waals surface area contributed by atoms with E-state index in [1.165, 1.54) is 0 Å². The van der Waals surface area contributed by atoms with Crippen LogP contribution in [-0.2, 0) is 3.74 Å². The molecule has 3 aromatic rings. The summed E-state index contributed by atoms with van der Waals surface area (Å²) in [4.78, 5) is 0. The van der Waals surface area contributed by atoms with Gasteiger partial charge in [-0.25, -0.2) is 0 Å². The molecule has 1 aliphatic heterocycles. The second-order valence-electron chi connectivity index (χ2n) is 5.10. The molecule has 0 saturated heterocycles. The van der Waals surface area contributed by atoms with Gasteiger partial charge in [0.2, 0.25) is 0 Å². The number of fused-ring (bicyclic) bond motifs is 2. The van der Waals surface area contributed by atoms with Crippen LogP contribution in [0.25, 0.3) is 0 Å². The normalized spacial score (nSPS) is 14.7. The van der Waals surface area contributed by atoms with Crippen molar-refractivity contribution in [3.8, 4) is 0 Å². The van der Waals surface area contributed by atoms with Crippen LogP contribution in [-0.4, -0.2) is 13.5 Å². The van der Waals surface area contributed by atoms with Crippen molar-refractivity contribution in [3.05, 3.63) is 78.9 Å². The molecular weight excluding hydrogens is 321 g/mol. The number of benzene rings is 3. The van der Waals surface area contributed by atoms with E-state index in [4.69, 9.17) is 0 Å². The van der Waals surface area contributed by atoms with Crippen LogP contribution in [0.3, 0.4) is 0 Å². The molecule has 2 nitrogen and oxygen atoms in total. The zero-order chi connectivity index (χ0) is 14.3. The van der Waals surface area contributed by atoms with Gasteiger partial charge in [-0.3, -0.25) is 0 Å². The summed E-state index contributed by atoms with van der Waals surface area (Å²) in [5.41, 5.74) is 1.92. The fourth-order valence-corrected chi connectivity index (χ4v) is 9.07. The van der Waals surface area contributed by atoms with Crippen molar-refractivity contribution in [2.24, 2.45) is 0 Å². The molecule has 0 spiro atoms. The van der Waals surface area contributed by atoms with Crippen molar-refractivity contribution in [2.45, 2.75) is 0 Å². The fourth-order valence-electron chi connectivity index (χ4n) is 2.90. The molecule has 1 aliphatic rings. The van der Waals surface area contributed by atoms with Gasteiger partial charge in [0.1, 0.15) is 0 Å². The molecule has 0 aliphatic carbocycles. The average molecular weight is 335 g/mol. The fraction of sp³-hybridized carbons (Fsp3) is 0. The van der Waals surface area contributed by atoms with Crippen molar-refractivity contribution < 1.29 is 3.74 Å². The molecular formula is C18H14AsNO. The summed E-state index contributed by atoms with van der Waals surface area (Å²) in [6.07, 6.45) is 0. The van der Waals surface area contributed by atoms with E-state index in [9.17, 15) is 3.74 Å². The molecule has 0 fully saturated rings. The number of para-hydroxylation sites is 2. The van der Waals surface area contributed by atoms with Crippen LogP contribution in [0, 0.1) is 0 Å². The molecule has 0 radical (unpaired) electrons. The summed E-state index contributed by atoms with van der Waals surface area (Å²) >= 11 is -3.59. The van der Waals surface area contributed by atoms with E-state index in [1.54, 1.807) is 0 Å². The minimum absolute atomic E-state index is 0.942. The van der Waals surface area contributed by atoms with Crippen LogP contribution in [0.4, 0.5) is 11.4 Å². The van der Waals surface area contributed by atoms with E-state index in [1.807, 2.05) is 78.9 Å². The van der Waals surface area contributed by atoms with E-state index < -0.39 is 13.5 Å². The maximum absolute atomic E-state index is 14.1. The SMILES string of the molecule is O=[As]1(c2ccccc2)c2ccccc2Nc2ccccc21. The quantitative estimate of drug-likeness (QED) is 0.540. The molecule has 0 saturated carbocycles. The zero-order valence-corrected chi connectivity index (χ0v) is 13.2. The maximum atomic E-state index is 14.1. The monoisotopic (exact) mass is 335 g/mol. The molecule has 0 aromatic heterocycles. The summed E-state index contributed by atoms with van der Waals surface area (Å²) in [6.45, 7) is 0. The van der Waals surface area contributed by atoms with Gasteiger partial charge in [-0.05, 0) is 0 Å². The number of hydrogen-bond donors (Lipinski definition) is 1. The summed E-state index contributed by atoms with van der Waals surface area (Å²) in [5, 5.41) is 3.41. The molecule has 21 heavy (non-hydrogen) atoms. The Morgan fingerprint density at radius 2 is 1.10 bits per heavy atom. The summed E-state index contributed by atoms with van der Waals surface area (Å²) < 4.78 is 16.9. The standard InChI is InChI=1S/C18H14AsNO/c21-19(14-8-2-1-3-9-14)15-10-4-6-12-17(15)20-18-13-7-5-11-16(18)19/h1-13,20H. The molecule has 4 rings (SSSR count). The van der Waals surface area contributed by atoms with Gasteiger partial charge in [0.15, 0.2) is 0 Å². The van der Waals surface area contributed by atoms with Crippen molar-refractivity contribution in [2.75, 3.05) is 5.32 Å². The molecule has 0 unspecified atom stereocenters. The van der Waals surface area contributed by atoms with Gasteiger partial charge in [0, 0.05) is 0 Å². The summed E-state index contributed by atoms with van der Waals surface area (Å²) in [6, 6.07) is 25.7. The van der Waals surface area contributed by atoms with Gasteiger partial charge >= 0.3 is 126 Å². The van der Waals surface area contributed by atoms with Crippen LogP contribution in [0.1, 0.15) is 0 Å². The van der Waals surface area contributed by atoms with Crippen molar-refractivity contribution >= 4 is 37.9 Å². The molecule has 3 aromatic carbocycles. The minimum atomic E-state index is -3.59. The molecule has 3 heteroatoms. The van der Waals surface area contributed by atoms with E-state index in [2.05, 4.69) is 5.32 Å². The van der Waals surface area contributed by atoms with Gasteiger partial charge in [0.25, 0.3) is 0 Å². The van der Waals surface area contributed by atoms with Crippen molar-refractivity contribution in [1.82, 2.24) is 0 Å². The molecule has 1 heterocycles.